The molecule has 0 bridgehead atoms. The summed E-state index contributed by atoms with van der Waals surface area (Å²) < 4.78 is 1.77. The lowest BCUT2D eigenvalue weighted by atomic mass is 10.1. The van der Waals surface area contributed by atoms with Gasteiger partial charge in [-0.3, -0.25) is 9.48 Å². The minimum Gasteiger partial charge on any atom is -0.479 e. The summed E-state index contributed by atoms with van der Waals surface area (Å²) in [5, 5.41) is 16.0. The van der Waals surface area contributed by atoms with E-state index in [9.17, 15) is 14.7 Å². The third-order valence-corrected chi connectivity index (χ3v) is 7.11. The number of anilines is 1. The van der Waals surface area contributed by atoms with Crippen molar-refractivity contribution in [2.45, 2.75) is 24.0 Å². The number of amides is 1. The van der Waals surface area contributed by atoms with Gasteiger partial charge in [0.25, 0.3) is 5.91 Å². The van der Waals surface area contributed by atoms with Gasteiger partial charge < -0.3 is 10.4 Å². The van der Waals surface area contributed by atoms with Gasteiger partial charge in [0.1, 0.15) is 0 Å². The van der Waals surface area contributed by atoms with Crippen molar-refractivity contribution in [2.24, 2.45) is 0 Å². The molecule has 0 saturated carbocycles. The Morgan fingerprint density at radius 2 is 1.88 bits per heavy atom. The molecule has 1 fully saturated rings. The van der Waals surface area contributed by atoms with Crippen LogP contribution >= 0.6 is 23.5 Å². The topological polar surface area (TPSA) is 84.2 Å². The van der Waals surface area contributed by atoms with Crippen molar-refractivity contribution in [1.29, 1.82) is 0 Å². The number of benzene rings is 1. The molecule has 8 heteroatoms. The second-order valence-corrected chi connectivity index (χ2v) is 8.91. The molecule has 2 aromatic rings. The lowest BCUT2D eigenvalue weighted by Gasteiger charge is -2.19. The number of carboxylic acid groups (broad SMARTS) is 1. The van der Waals surface area contributed by atoms with Crippen LogP contribution in [0.15, 0.2) is 36.7 Å². The molecule has 0 radical (unpaired) electrons. The van der Waals surface area contributed by atoms with Crippen molar-refractivity contribution in [3.63, 3.8) is 0 Å². The van der Waals surface area contributed by atoms with E-state index in [4.69, 9.17) is 0 Å². The Morgan fingerprint density at radius 1 is 1.24 bits per heavy atom. The fraction of sp³-hybridized carbons (Fsp3) is 0.353. The summed E-state index contributed by atoms with van der Waals surface area (Å²) in [6.07, 6.45) is 2.97. The van der Waals surface area contributed by atoms with Gasteiger partial charge in [0.05, 0.1) is 16.5 Å². The predicted molar refractivity (Wildman–Crippen MR) is 101 cm³/mol. The summed E-state index contributed by atoms with van der Waals surface area (Å²) in [6.45, 7) is 3.09. The first-order valence-electron chi connectivity index (χ1n) is 7.81. The number of carbonyl (C=O) groups excluding carboxylic acids is 1. The van der Waals surface area contributed by atoms with Gasteiger partial charge in [-0.15, -0.1) is 23.5 Å². The molecule has 1 aromatic heterocycles. The van der Waals surface area contributed by atoms with Crippen LogP contribution in [0.5, 0.6) is 0 Å². The van der Waals surface area contributed by atoms with Crippen LogP contribution in [0.1, 0.15) is 34.4 Å². The number of carboxylic acids is 1. The molecule has 2 heterocycles. The SMILES string of the molecule is CC(C)(C(=O)O)n1cc(NC(=O)c2ccc(C3SCCS3)cc2)cn1. The van der Waals surface area contributed by atoms with Gasteiger partial charge in [0.2, 0.25) is 0 Å². The number of nitrogens with one attached hydrogen (secondary N) is 1. The molecule has 25 heavy (non-hydrogen) atoms. The number of carbonyl (C=O) groups is 2. The van der Waals surface area contributed by atoms with Crippen LogP contribution < -0.4 is 5.32 Å². The fourth-order valence-corrected chi connectivity index (χ4v) is 5.20. The first-order chi connectivity index (χ1) is 11.9. The van der Waals surface area contributed by atoms with Crippen molar-refractivity contribution in [3.8, 4) is 0 Å². The smallest absolute Gasteiger partial charge is 0.331 e. The highest BCUT2D eigenvalue weighted by molar-refractivity contribution is 8.19. The second kappa shape index (κ2) is 7.13. The average molecular weight is 377 g/mol. The van der Waals surface area contributed by atoms with Crippen molar-refractivity contribution >= 4 is 41.1 Å². The van der Waals surface area contributed by atoms with E-state index in [0.29, 0.717) is 15.8 Å². The molecule has 0 spiro atoms. The fourth-order valence-electron chi connectivity index (χ4n) is 2.34. The van der Waals surface area contributed by atoms with E-state index in [1.54, 1.807) is 13.8 Å². The van der Waals surface area contributed by atoms with E-state index in [1.165, 1.54) is 22.6 Å². The summed E-state index contributed by atoms with van der Waals surface area (Å²) >= 11 is 3.85. The van der Waals surface area contributed by atoms with E-state index in [2.05, 4.69) is 10.4 Å². The molecule has 2 N–H and O–H groups in total. The molecule has 3 rings (SSSR count). The van der Waals surface area contributed by atoms with Gasteiger partial charge in [-0.05, 0) is 31.5 Å². The molecule has 1 aromatic carbocycles. The first kappa shape index (κ1) is 17.9. The number of rotatable bonds is 5. The largest absolute Gasteiger partial charge is 0.479 e. The van der Waals surface area contributed by atoms with Crippen molar-refractivity contribution in [1.82, 2.24) is 9.78 Å². The van der Waals surface area contributed by atoms with Crippen LogP contribution in [0.25, 0.3) is 0 Å². The number of nitrogens with zero attached hydrogens (tertiary/aromatic N) is 2. The zero-order valence-electron chi connectivity index (χ0n) is 13.9. The van der Waals surface area contributed by atoms with Crippen LogP contribution in [-0.2, 0) is 10.3 Å². The van der Waals surface area contributed by atoms with E-state index < -0.39 is 11.5 Å². The first-order valence-corrected chi connectivity index (χ1v) is 9.91. The molecular formula is C17H19N3O3S2. The third kappa shape index (κ3) is 3.85. The molecule has 0 unspecified atom stereocenters. The number of hydrogen-bond donors (Lipinski definition) is 2. The Morgan fingerprint density at radius 3 is 2.48 bits per heavy atom. The van der Waals surface area contributed by atoms with E-state index in [0.717, 1.165) is 11.5 Å². The highest BCUT2D eigenvalue weighted by Gasteiger charge is 2.30. The molecule has 1 amide bonds. The van der Waals surface area contributed by atoms with Gasteiger partial charge in [-0.25, -0.2) is 4.79 Å². The van der Waals surface area contributed by atoms with Gasteiger partial charge in [-0.1, -0.05) is 12.1 Å². The molecule has 1 aliphatic heterocycles. The molecule has 0 atom stereocenters. The maximum atomic E-state index is 12.4. The number of aliphatic carboxylic acids is 1. The summed E-state index contributed by atoms with van der Waals surface area (Å²) in [5.74, 6) is 1.08. The van der Waals surface area contributed by atoms with Crippen molar-refractivity contribution in [2.75, 3.05) is 16.8 Å². The minimum atomic E-state index is -1.18. The monoisotopic (exact) mass is 377 g/mol. The lowest BCUT2D eigenvalue weighted by molar-refractivity contribution is -0.146. The highest BCUT2D eigenvalue weighted by atomic mass is 32.2. The normalized spacial score (nSPS) is 15.3. The summed E-state index contributed by atoms with van der Waals surface area (Å²) in [5.41, 5.74) is 1.06. The molecule has 1 saturated heterocycles. The van der Waals surface area contributed by atoms with E-state index in [1.807, 2.05) is 47.8 Å². The van der Waals surface area contributed by atoms with Gasteiger partial charge in [-0.2, -0.15) is 5.10 Å². The maximum absolute atomic E-state index is 12.4. The van der Waals surface area contributed by atoms with Crippen molar-refractivity contribution < 1.29 is 14.7 Å². The minimum absolute atomic E-state index is 0.244. The van der Waals surface area contributed by atoms with Crippen LogP contribution in [-0.4, -0.2) is 38.3 Å². The number of aromatic nitrogens is 2. The molecular weight excluding hydrogens is 358 g/mol. The Labute approximate surface area is 154 Å². The van der Waals surface area contributed by atoms with Crippen LogP contribution in [0.3, 0.4) is 0 Å². The van der Waals surface area contributed by atoms with E-state index >= 15 is 0 Å². The van der Waals surface area contributed by atoms with Crippen molar-refractivity contribution in [3.05, 3.63) is 47.8 Å². The van der Waals surface area contributed by atoms with Crippen LogP contribution in [0, 0.1) is 0 Å². The standard InChI is InChI=1S/C17H19N3O3S2/c1-17(2,16(22)23)20-10-13(9-18-20)19-14(21)11-3-5-12(6-4-11)15-24-7-8-25-15/h3-6,9-10,15H,7-8H2,1-2H3,(H,19,21)(H,22,23). The molecule has 6 nitrogen and oxygen atoms in total. The second-order valence-electron chi connectivity index (χ2n) is 6.19. The van der Waals surface area contributed by atoms with Gasteiger partial charge in [0, 0.05) is 23.3 Å². The predicted octanol–water partition coefficient (Wildman–Crippen LogP) is 3.43. The average Bonchev–Trinajstić information content (AvgIpc) is 3.27. The molecule has 0 aliphatic carbocycles. The molecule has 1 aliphatic rings. The Hall–Kier alpha value is -1.93. The summed E-state index contributed by atoms with van der Waals surface area (Å²) in [4.78, 5) is 23.6. The maximum Gasteiger partial charge on any atom is 0.331 e. The van der Waals surface area contributed by atoms with Crippen LogP contribution in [0.4, 0.5) is 5.69 Å². The number of hydrogen-bond acceptors (Lipinski definition) is 5. The Balaban J connectivity index is 1.68. The summed E-state index contributed by atoms with van der Waals surface area (Å²) in [6, 6.07) is 7.61. The zero-order chi connectivity index (χ0) is 18.0. The van der Waals surface area contributed by atoms with Gasteiger partial charge >= 0.3 is 5.97 Å². The zero-order valence-corrected chi connectivity index (χ0v) is 15.6. The van der Waals surface area contributed by atoms with Crippen LogP contribution in [0.2, 0.25) is 0 Å². The Bertz CT molecular complexity index is 781. The Kier molecular flexibility index (Phi) is 5.10. The summed E-state index contributed by atoms with van der Waals surface area (Å²) in [7, 11) is 0. The molecule has 132 valence electrons. The third-order valence-electron chi connectivity index (χ3n) is 4.00. The lowest BCUT2D eigenvalue weighted by Crippen LogP contribution is -2.35. The van der Waals surface area contributed by atoms with E-state index in [-0.39, 0.29) is 5.91 Å². The quantitative estimate of drug-likeness (QED) is 0.830. The highest BCUT2D eigenvalue weighted by Crippen LogP contribution is 2.45. The number of thioether (sulfide) groups is 2. The van der Waals surface area contributed by atoms with Gasteiger partial charge in [0.15, 0.2) is 5.54 Å².